The van der Waals surface area contributed by atoms with Crippen LogP contribution in [0.25, 0.3) is 0 Å². The third-order valence-corrected chi connectivity index (χ3v) is 4.75. The number of carbonyl (C=O) groups excluding carboxylic acids is 2. The lowest BCUT2D eigenvalue weighted by molar-refractivity contribution is -0.127. The van der Waals surface area contributed by atoms with Crippen molar-refractivity contribution in [2.24, 2.45) is 5.73 Å². The molecule has 0 atom stereocenters. The van der Waals surface area contributed by atoms with Gasteiger partial charge in [0.1, 0.15) is 11.6 Å². The average molecular weight is 391 g/mol. The smallest absolute Gasteiger partial charge is 0.233 e. The molecule has 0 unspecified atom stereocenters. The molecule has 2 aromatic heterocycles. The molecule has 2 N–H and O–H groups in total. The third-order valence-electron chi connectivity index (χ3n) is 3.80. The van der Waals surface area contributed by atoms with Crippen LogP contribution in [0.1, 0.15) is 31.9 Å². The summed E-state index contributed by atoms with van der Waals surface area (Å²) in [6.45, 7) is 9.28. The van der Waals surface area contributed by atoms with Crippen molar-refractivity contribution >= 4 is 23.6 Å². The Morgan fingerprint density at radius 2 is 2.19 bits per heavy atom. The van der Waals surface area contributed by atoms with E-state index < -0.39 is 5.91 Å². The first kappa shape index (κ1) is 20.8. The molecule has 2 aromatic rings. The Hall–Kier alpha value is -2.55. The second-order valence-corrected chi connectivity index (χ2v) is 7.13. The molecule has 8 nitrogen and oxygen atoms in total. The molecule has 146 valence electrons. The molecule has 0 aromatic carbocycles. The molecule has 0 aliphatic rings. The zero-order valence-electron chi connectivity index (χ0n) is 15.7. The van der Waals surface area contributed by atoms with Gasteiger partial charge in [0.2, 0.25) is 11.8 Å². The van der Waals surface area contributed by atoms with E-state index in [4.69, 9.17) is 10.2 Å². The van der Waals surface area contributed by atoms with Gasteiger partial charge >= 0.3 is 0 Å². The number of furan rings is 1. The van der Waals surface area contributed by atoms with Gasteiger partial charge in [-0.1, -0.05) is 23.9 Å². The molecule has 0 fully saturated rings. The Morgan fingerprint density at radius 3 is 2.78 bits per heavy atom. The van der Waals surface area contributed by atoms with E-state index in [2.05, 4.69) is 16.8 Å². The number of likely N-dealkylation sites (N-methyl/N-ethyl adjacent to an activating group) is 1. The highest BCUT2D eigenvalue weighted by molar-refractivity contribution is 7.99. The first-order valence-electron chi connectivity index (χ1n) is 8.68. The molecular formula is C18H25N5O3S. The first-order chi connectivity index (χ1) is 12.9. The number of amides is 2. The average Bonchev–Trinajstić information content (AvgIpc) is 3.26. The van der Waals surface area contributed by atoms with Gasteiger partial charge < -0.3 is 15.1 Å². The standard InChI is InChI=1S/C18H25N5O3S/c1-4-22(10-13(2)3)17(25)12-27-18-21-20-16(8-7-15(19)24)23(18)11-14-6-5-9-26-14/h5-6,9H,2,4,7-8,10-12H2,1,3H3,(H2,19,24). The number of carbonyl (C=O) groups is 2. The predicted molar refractivity (Wildman–Crippen MR) is 103 cm³/mol. The zero-order chi connectivity index (χ0) is 19.8. The number of rotatable bonds is 11. The van der Waals surface area contributed by atoms with Crippen LogP contribution in [0.3, 0.4) is 0 Å². The summed E-state index contributed by atoms with van der Waals surface area (Å²) < 4.78 is 7.26. The molecular weight excluding hydrogens is 366 g/mol. The highest BCUT2D eigenvalue weighted by Crippen LogP contribution is 2.20. The fourth-order valence-electron chi connectivity index (χ4n) is 2.48. The minimum atomic E-state index is -0.398. The molecule has 0 aliphatic carbocycles. The number of aromatic nitrogens is 3. The SMILES string of the molecule is C=C(C)CN(CC)C(=O)CSc1nnc(CCC(N)=O)n1Cc1ccco1. The lowest BCUT2D eigenvalue weighted by Crippen LogP contribution is -2.33. The van der Waals surface area contributed by atoms with Crippen molar-refractivity contribution in [1.29, 1.82) is 0 Å². The van der Waals surface area contributed by atoms with Crippen molar-refractivity contribution in [2.45, 2.75) is 38.4 Å². The highest BCUT2D eigenvalue weighted by atomic mass is 32.2. The van der Waals surface area contributed by atoms with Crippen LogP contribution in [0.5, 0.6) is 0 Å². The minimum absolute atomic E-state index is 0.0109. The normalized spacial score (nSPS) is 10.7. The summed E-state index contributed by atoms with van der Waals surface area (Å²) in [6, 6.07) is 3.65. The summed E-state index contributed by atoms with van der Waals surface area (Å²) in [7, 11) is 0. The van der Waals surface area contributed by atoms with Crippen LogP contribution < -0.4 is 5.73 Å². The van der Waals surface area contributed by atoms with Gasteiger partial charge in [-0.15, -0.1) is 10.2 Å². The fourth-order valence-corrected chi connectivity index (χ4v) is 3.34. The summed E-state index contributed by atoms with van der Waals surface area (Å²) in [5, 5.41) is 8.95. The van der Waals surface area contributed by atoms with E-state index in [1.807, 2.05) is 24.5 Å². The Bertz CT molecular complexity index is 785. The van der Waals surface area contributed by atoms with Gasteiger partial charge in [-0.3, -0.25) is 14.2 Å². The second-order valence-electron chi connectivity index (χ2n) is 6.18. The van der Waals surface area contributed by atoms with Crippen molar-refractivity contribution < 1.29 is 14.0 Å². The van der Waals surface area contributed by atoms with Crippen LogP contribution in [0.4, 0.5) is 0 Å². The topological polar surface area (TPSA) is 107 Å². The van der Waals surface area contributed by atoms with Gasteiger partial charge in [-0.25, -0.2) is 0 Å². The quantitative estimate of drug-likeness (QED) is 0.463. The second kappa shape index (κ2) is 9.96. The molecule has 2 rings (SSSR count). The molecule has 0 saturated heterocycles. The van der Waals surface area contributed by atoms with E-state index in [1.165, 1.54) is 11.8 Å². The van der Waals surface area contributed by atoms with Crippen LogP contribution in [0.15, 0.2) is 40.1 Å². The van der Waals surface area contributed by atoms with Gasteiger partial charge in [0.25, 0.3) is 0 Å². The molecule has 9 heteroatoms. The van der Waals surface area contributed by atoms with Crippen LogP contribution in [0, 0.1) is 0 Å². The summed E-state index contributed by atoms with van der Waals surface area (Å²) in [6.07, 6.45) is 2.16. The number of nitrogens with zero attached hydrogens (tertiary/aromatic N) is 4. The number of primary amides is 1. The zero-order valence-corrected chi connectivity index (χ0v) is 16.5. The minimum Gasteiger partial charge on any atom is -0.467 e. The van der Waals surface area contributed by atoms with Gasteiger partial charge in [0.05, 0.1) is 18.6 Å². The monoisotopic (exact) mass is 391 g/mol. The fraction of sp³-hybridized carbons (Fsp3) is 0.444. The Balaban J connectivity index is 2.11. The van der Waals surface area contributed by atoms with Crippen molar-refractivity contribution in [3.8, 4) is 0 Å². The molecule has 2 heterocycles. The van der Waals surface area contributed by atoms with Crippen molar-refractivity contribution in [3.05, 3.63) is 42.1 Å². The molecule has 0 spiro atoms. The lowest BCUT2D eigenvalue weighted by atomic mass is 10.3. The molecule has 2 amide bonds. The van der Waals surface area contributed by atoms with Crippen LogP contribution >= 0.6 is 11.8 Å². The van der Waals surface area contributed by atoms with E-state index >= 15 is 0 Å². The summed E-state index contributed by atoms with van der Waals surface area (Å²) >= 11 is 1.31. The number of hydrogen-bond acceptors (Lipinski definition) is 6. The molecule has 0 saturated carbocycles. The van der Waals surface area contributed by atoms with E-state index in [0.717, 1.165) is 11.3 Å². The Kier molecular flexibility index (Phi) is 7.66. The van der Waals surface area contributed by atoms with Crippen LogP contribution in [-0.4, -0.2) is 50.3 Å². The van der Waals surface area contributed by atoms with E-state index in [9.17, 15) is 9.59 Å². The number of thioether (sulfide) groups is 1. The van der Waals surface area contributed by atoms with Crippen LogP contribution in [-0.2, 0) is 22.6 Å². The molecule has 0 bridgehead atoms. The third kappa shape index (κ3) is 6.28. The molecule has 27 heavy (non-hydrogen) atoms. The maximum absolute atomic E-state index is 12.5. The summed E-state index contributed by atoms with van der Waals surface area (Å²) in [5.74, 6) is 1.23. The van der Waals surface area contributed by atoms with Gasteiger partial charge in [-0.05, 0) is 26.0 Å². The van der Waals surface area contributed by atoms with Crippen molar-refractivity contribution in [2.75, 3.05) is 18.8 Å². The van der Waals surface area contributed by atoms with E-state index in [-0.39, 0.29) is 18.1 Å². The van der Waals surface area contributed by atoms with Crippen LogP contribution in [0.2, 0.25) is 0 Å². The van der Waals surface area contributed by atoms with Gasteiger partial charge in [-0.2, -0.15) is 0 Å². The van der Waals surface area contributed by atoms with Gasteiger partial charge in [0.15, 0.2) is 5.16 Å². The molecule has 0 radical (unpaired) electrons. The number of hydrogen-bond donors (Lipinski definition) is 1. The highest BCUT2D eigenvalue weighted by Gasteiger charge is 2.18. The summed E-state index contributed by atoms with van der Waals surface area (Å²) in [5.41, 5.74) is 6.18. The number of nitrogens with two attached hydrogens (primary N) is 1. The van der Waals surface area contributed by atoms with E-state index in [1.54, 1.807) is 17.2 Å². The van der Waals surface area contributed by atoms with Crippen molar-refractivity contribution in [1.82, 2.24) is 19.7 Å². The Labute approximate surface area is 162 Å². The largest absolute Gasteiger partial charge is 0.467 e. The maximum atomic E-state index is 12.5. The number of aryl methyl sites for hydroxylation is 1. The molecule has 0 aliphatic heterocycles. The van der Waals surface area contributed by atoms with Gasteiger partial charge in [0, 0.05) is 25.9 Å². The maximum Gasteiger partial charge on any atom is 0.233 e. The van der Waals surface area contributed by atoms with Crippen molar-refractivity contribution in [3.63, 3.8) is 0 Å². The Morgan fingerprint density at radius 1 is 1.41 bits per heavy atom. The first-order valence-corrected chi connectivity index (χ1v) is 9.67. The lowest BCUT2D eigenvalue weighted by Gasteiger charge is -2.20. The summed E-state index contributed by atoms with van der Waals surface area (Å²) in [4.78, 5) is 25.3. The van der Waals surface area contributed by atoms with E-state index in [0.29, 0.717) is 37.0 Å². The predicted octanol–water partition coefficient (Wildman–Crippen LogP) is 1.85.